The van der Waals surface area contributed by atoms with Gasteiger partial charge in [0.05, 0.1) is 6.61 Å². The number of piperidine rings is 1. The van der Waals surface area contributed by atoms with E-state index in [2.05, 4.69) is 0 Å². The van der Waals surface area contributed by atoms with Crippen molar-refractivity contribution in [3.05, 3.63) is 64.2 Å². The fraction of sp³-hybridized carbons (Fsp3) is 0.552. The zero-order valence-electron chi connectivity index (χ0n) is 22.5. The summed E-state index contributed by atoms with van der Waals surface area (Å²) in [6.45, 7) is 6.25. The van der Waals surface area contributed by atoms with E-state index in [0.717, 1.165) is 29.7 Å². The van der Waals surface area contributed by atoms with Crippen LogP contribution in [0.15, 0.2) is 42.5 Å². The van der Waals surface area contributed by atoms with Gasteiger partial charge in [-0.1, -0.05) is 35.9 Å². The Bertz CT molecular complexity index is 1110. The van der Waals surface area contributed by atoms with Crippen LogP contribution in [0.3, 0.4) is 0 Å². The van der Waals surface area contributed by atoms with Crippen molar-refractivity contribution in [2.75, 3.05) is 19.7 Å². The molecule has 0 aliphatic carbocycles. The van der Waals surface area contributed by atoms with Gasteiger partial charge in [-0.2, -0.15) is 0 Å². The summed E-state index contributed by atoms with van der Waals surface area (Å²) in [6, 6.07) is 12.9. The molecule has 1 unspecified atom stereocenters. The number of hydrogen-bond acceptors (Lipinski definition) is 8. The van der Waals surface area contributed by atoms with Crippen molar-refractivity contribution in [3.63, 3.8) is 0 Å². The van der Waals surface area contributed by atoms with E-state index in [1.807, 2.05) is 45.0 Å². The second-order valence-electron chi connectivity index (χ2n) is 11.2. The molecule has 2 aliphatic heterocycles. The van der Waals surface area contributed by atoms with Gasteiger partial charge in [0.15, 0.2) is 0 Å². The van der Waals surface area contributed by atoms with Crippen LogP contribution in [0.5, 0.6) is 5.75 Å². The highest BCUT2D eigenvalue weighted by molar-refractivity contribution is 6.31. The Kier molecular flexibility index (Phi) is 9.41. The predicted octanol–water partition coefficient (Wildman–Crippen LogP) is 3.22. The molecule has 9 nitrogen and oxygen atoms in total. The third-order valence-corrected chi connectivity index (χ3v) is 7.37. The zero-order valence-corrected chi connectivity index (χ0v) is 23.3. The summed E-state index contributed by atoms with van der Waals surface area (Å²) < 4.78 is 17.3. The van der Waals surface area contributed by atoms with Gasteiger partial charge < -0.3 is 39.5 Å². The first kappa shape index (κ1) is 29.6. The standard InChI is InChI=1S/C29H38ClNO8/c1-29(2,3)39-28(36)31-12-10-21(11-13-31)37-20-7-4-17(5-8-20)14-19-15-18(6-9-22(19)30)27-26(35)25(34)24(33)23(16-32)38-27/h4-9,15,21,23-27,32-35H,10-14,16H2,1-3H3/t23?,24-,25+,26-,27+/m1/s1. The molecule has 10 heteroatoms. The Labute approximate surface area is 233 Å². The number of carbonyl (C=O) groups excluding carboxylic acids is 1. The summed E-state index contributed by atoms with van der Waals surface area (Å²) >= 11 is 6.46. The number of halogens is 1. The minimum absolute atomic E-state index is 0.0131. The van der Waals surface area contributed by atoms with Crippen LogP contribution in [0.4, 0.5) is 4.79 Å². The Morgan fingerprint density at radius 3 is 2.31 bits per heavy atom. The quantitative estimate of drug-likeness (QED) is 0.422. The van der Waals surface area contributed by atoms with E-state index in [-0.39, 0.29) is 12.2 Å². The molecule has 0 bridgehead atoms. The first-order valence-electron chi connectivity index (χ1n) is 13.3. The van der Waals surface area contributed by atoms with Gasteiger partial charge in [0.2, 0.25) is 0 Å². The molecule has 0 aromatic heterocycles. The van der Waals surface area contributed by atoms with E-state index in [1.165, 1.54) is 0 Å². The number of aliphatic hydroxyl groups is 4. The van der Waals surface area contributed by atoms with Gasteiger partial charge in [0.1, 0.15) is 48.0 Å². The molecule has 0 spiro atoms. The number of benzene rings is 2. The van der Waals surface area contributed by atoms with Crippen LogP contribution in [0, 0.1) is 0 Å². The normalized spacial score (nSPS) is 26.4. The van der Waals surface area contributed by atoms with Crippen LogP contribution in [-0.4, -0.2) is 87.2 Å². The number of nitrogens with zero attached hydrogens (tertiary/aromatic N) is 1. The zero-order chi connectivity index (χ0) is 28.3. The van der Waals surface area contributed by atoms with Crippen LogP contribution in [-0.2, 0) is 15.9 Å². The molecule has 2 aromatic rings. The van der Waals surface area contributed by atoms with Crippen LogP contribution in [0.2, 0.25) is 5.02 Å². The molecule has 4 N–H and O–H groups in total. The number of rotatable bonds is 6. The summed E-state index contributed by atoms with van der Waals surface area (Å²) in [4.78, 5) is 14.0. The molecule has 214 valence electrons. The van der Waals surface area contributed by atoms with E-state index in [4.69, 9.17) is 25.8 Å². The topological polar surface area (TPSA) is 129 Å². The van der Waals surface area contributed by atoms with Crippen LogP contribution >= 0.6 is 11.6 Å². The molecule has 39 heavy (non-hydrogen) atoms. The van der Waals surface area contributed by atoms with Crippen molar-refractivity contribution in [2.45, 2.75) is 82.3 Å². The van der Waals surface area contributed by atoms with Gasteiger partial charge in [0, 0.05) is 31.0 Å². The van der Waals surface area contributed by atoms with Crippen molar-refractivity contribution in [1.82, 2.24) is 4.90 Å². The Morgan fingerprint density at radius 2 is 1.69 bits per heavy atom. The van der Waals surface area contributed by atoms with E-state index in [0.29, 0.717) is 30.1 Å². The molecule has 2 heterocycles. The van der Waals surface area contributed by atoms with Crippen molar-refractivity contribution < 1.29 is 39.4 Å². The molecule has 1 amide bonds. The summed E-state index contributed by atoms with van der Waals surface area (Å²) in [5.41, 5.74) is 1.87. The van der Waals surface area contributed by atoms with Gasteiger partial charge in [-0.05, 0) is 62.1 Å². The fourth-order valence-electron chi connectivity index (χ4n) is 4.87. The highest BCUT2D eigenvalue weighted by Gasteiger charge is 2.44. The molecule has 2 aliphatic rings. The molecular formula is C29H38ClNO8. The Hall–Kier alpha value is -2.40. The molecule has 0 saturated carbocycles. The number of hydrogen-bond donors (Lipinski definition) is 4. The lowest BCUT2D eigenvalue weighted by atomic mass is 9.90. The van der Waals surface area contributed by atoms with Crippen LogP contribution in [0.25, 0.3) is 0 Å². The highest BCUT2D eigenvalue weighted by atomic mass is 35.5. The molecule has 2 saturated heterocycles. The Balaban J connectivity index is 1.35. The molecule has 5 atom stereocenters. The maximum Gasteiger partial charge on any atom is 0.410 e. The van der Waals surface area contributed by atoms with Crippen LogP contribution in [0.1, 0.15) is 56.4 Å². The van der Waals surface area contributed by atoms with Crippen molar-refractivity contribution >= 4 is 17.7 Å². The van der Waals surface area contributed by atoms with E-state index >= 15 is 0 Å². The lowest BCUT2D eigenvalue weighted by molar-refractivity contribution is -0.231. The number of amides is 1. The van der Waals surface area contributed by atoms with Crippen molar-refractivity contribution in [1.29, 1.82) is 0 Å². The first-order valence-corrected chi connectivity index (χ1v) is 13.7. The Morgan fingerprint density at radius 1 is 1.03 bits per heavy atom. The summed E-state index contributed by atoms with van der Waals surface area (Å²) in [5.74, 6) is 0.746. The van der Waals surface area contributed by atoms with E-state index < -0.39 is 42.7 Å². The maximum atomic E-state index is 12.3. The summed E-state index contributed by atoms with van der Waals surface area (Å²) in [6.07, 6.45) is -4.44. The average Bonchev–Trinajstić information content (AvgIpc) is 2.89. The lowest BCUT2D eigenvalue weighted by Gasteiger charge is -2.40. The number of aliphatic hydroxyl groups excluding tert-OH is 4. The largest absolute Gasteiger partial charge is 0.490 e. The second kappa shape index (κ2) is 12.4. The lowest BCUT2D eigenvalue weighted by Crippen LogP contribution is -2.55. The molecule has 2 fully saturated rings. The smallest absolute Gasteiger partial charge is 0.410 e. The summed E-state index contributed by atoms with van der Waals surface area (Å²) in [7, 11) is 0. The molecule has 2 aromatic carbocycles. The van der Waals surface area contributed by atoms with Gasteiger partial charge >= 0.3 is 6.09 Å². The minimum atomic E-state index is -1.45. The predicted molar refractivity (Wildman–Crippen MR) is 145 cm³/mol. The van der Waals surface area contributed by atoms with Gasteiger partial charge in [-0.3, -0.25) is 0 Å². The molecular weight excluding hydrogens is 526 g/mol. The number of likely N-dealkylation sites (tertiary alicyclic amines) is 1. The molecule has 4 rings (SSSR count). The van der Waals surface area contributed by atoms with Gasteiger partial charge in [0.25, 0.3) is 0 Å². The van der Waals surface area contributed by atoms with Crippen LogP contribution < -0.4 is 4.74 Å². The SMILES string of the molecule is CC(C)(C)OC(=O)N1CCC(Oc2ccc(Cc3cc([C@@H]4OC(CO)[C@@H](O)[C@H](O)[C@H]4O)ccc3Cl)cc2)CC1. The highest BCUT2D eigenvalue weighted by Crippen LogP contribution is 2.34. The average molecular weight is 564 g/mol. The van der Waals surface area contributed by atoms with Gasteiger partial charge in [-0.15, -0.1) is 0 Å². The number of carbonyl (C=O) groups is 1. The molecule has 0 radical (unpaired) electrons. The minimum Gasteiger partial charge on any atom is -0.490 e. The fourth-order valence-corrected chi connectivity index (χ4v) is 5.05. The van der Waals surface area contributed by atoms with Crippen molar-refractivity contribution in [3.8, 4) is 5.75 Å². The maximum absolute atomic E-state index is 12.3. The van der Waals surface area contributed by atoms with Gasteiger partial charge in [-0.25, -0.2) is 4.79 Å². The summed E-state index contributed by atoms with van der Waals surface area (Å²) in [5, 5.41) is 40.7. The van der Waals surface area contributed by atoms with E-state index in [1.54, 1.807) is 23.1 Å². The van der Waals surface area contributed by atoms with Crippen molar-refractivity contribution in [2.24, 2.45) is 0 Å². The third-order valence-electron chi connectivity index (χ3n) is 7.00. The monoisotopic (exact) mass is 563 g/mol. The van der Waals surface area contributed by atoms with E-state index in [9.17, 15) is 25.2 Å². The second-order valence-corrected chi connectivity index (χ2v) is 11.6. The first-order chi connectivity index (χ1) is 18.4. The number of ether oxygens (including phenoxy) is 3. The third kappa shape index (κ3) is 7.42.